The monoisotopic (exact) mass is 352 g/mol. The van der Waals surface area contributed by atoms with Crippen LogP contribution in [0.3, 0.4) is 0 Å². The standard InChI is InChI=1S/C21H24N2O3/c24-21(23-25)20-12-11-19(26-20)18-8-4-7-17(9-10-18)15-22-14-13-16-5-2-1-3-6-16/h1-3,5-6,9-12,22,25H,4,7-8,13-15H2,(H,23,24). The van der Waals surface area contributed by atoms with E-state index < -0.39 is 5.91 Å². The number of hydroxylamine groups is 1. The average Bonchev–Trinajstić information content (AvgIpc) is 3.05. The Kier molecular flexibility index (Phi) is 6.41. The molecule has 3 N–H and O–H groups in total. The van der Waals surface area contributed by atoms with Crippen molar-refractivity contribution in [1.82, 2.24) is 10.8 Å². The predicted octanol–water partition coefficient (Wildman–Crippen LogP) is 3.72. The molecule has 1 aromatic heterocycles. The molecule has 0 atom stereocenters. The molecule has 0 aliphatic heterocycles. The molecule has 26 heavy (non-hydrogen) atoms. The van der Waals surface area contributed by atoms with Crippen LogP contribution in [0.2, 0.25) is 0 Å². The number of amides is 1. The highest BCUT2D eigenvalue weighted by molar-refractivity contribution is 5.90. The van der Waals surface area contributed by atoms with Gasteiger partial charge >= 0.3 is 5.91 Å². The Hall–Kier alpha value is -2.63. The second kappa shape index (κ2) is 9.17. The second-order valence-corrected chi connectivity index (χ2v) is 6.39. The first kappa shape index (κ1) is 18.2. The van der Waals surface area contributed by atoms with Gasteiger partial charge in [0.1, 0.15) is 5.76 Å². The Morgan fingerprint density at radius 3 is 2.73 bits per heavy atom. The third-order valence-electron chi connectivity index (χ3n) is 4.50. The van der Waals surface area contributed by atoms with E-state index in [1.165, 1.54) is 11.1 Å². The number of nitrogens with one attached hydrogen (secondary N) is 2. The smallest absolute Gasteiger partial charge is 0.310 e. The van der Waals surface area contributed by atoms with Crippen molar-refractivity contribution in [3.8, 4) is 0 Å². The van der Waals surface area contributed by atoms with Crippen LogP contribution in [-0.4, -0.2) is 24.2 Å². The Morgan fingerprint density at radius 1 is 1.08 bits per heavy atom. The summed E-state index contributed by atoms with van der Waals surface area (Å²) < 4.78 is 5.53. The fourth-order valence-electron chi connectivity index (χ4n) is 3.06. The van der Waals surface area contributed by atoms with Crippen molar-refractivity contribution in [2.45, 2.75) is 25.7 Å². The lowest BCUT2D eigenvalue weighted by Gasteiger charge is -2.07. The van der Waals surface area contributed by atoms with Crippen molar-refractivity contribution in [1.29, 1.82) is 0 Å². The first-order chi connectivity index (χ1) is 12.8. The fourth-order valence-corrected chi connectivity index (χ4v) is 3.06. The second-order valence-electron chi connectivity index (χ2n) is 6.39. The quantitative estimate of drug-likeness (QED) is 0.403. The predicted molar refractivity (Wildman–Crippen MR) is 101 cm³/mol. The van der Waals surface area contributed by atoms with Gasteiger partial charge in [0.05, 0.1) is 0 Å². The number of carbonyl (C=O) groups excluding carboxylic acids is 1. The topological polar surface area (TPSA) is 74.5 Å². The molecule has 136 valence electrons. The molecule has 0 radical (unpaired) electrons. The van der Waals surface area contributed by atoms with Crippen LogP contribution in [0.5, 0.6) is 0 Å². The SMILES string of the molecule is O=C(NO)c1ccc(C2=CC=C(CNCCc3ccccc3)CCC2)o1. The summed E-state index contributed by atoms with van der Waals surface area (Å²) >= 11 is 0. The number of rotatable bonds is 7. The zero-order valence-corrected chi connectivity index (χ0v) is 14.7. The first-order valence-corrected chi connectivity index (χ1v) is 8.94. The molecule has 5 nitrogen and oxygen atoms in total. The van der Waals surface area contributed by atoms with Crippen LogP contribution in [0, 0.1) is 0 Å². The highest BCUT2D eigenvalue weighted by Gasteiger charge is 2.14. The van der Waals surface area contributed by atoms with Crippen molar-refractivity contribution in [3.05, 3.63) is 77.3 Å². The van der Waals surface area contributed by atoms with E-state index in [2.05, 4.69) is 41.7 Å². The number of allylic oxidation sites excluding steroid dienone is 3. The van der Waals surface area contributed by atoms with E-state index in [0.29, 0.717) is 5.76 Å². The normalized spacial score (nSPS) is 14.3. The van der Waals surface area contributed by atoms with E-state index in [4.69, 9.17) is 9.62 Å². The van der Waals surface area contributed by atoms with Gasteiger partial charge < -0.3 is 9.73 Å². The molecule has 3 rings (SSSR count). The molecule has 2 aromatic rings. The van der Waals surface area contributed by atoms with Gasteiger partial charge in [-0.15, -0.1) is 0 Å². The van der Waals surface area contributed by atoms with Gasteiger partial charge in [-0.05, 0) is 55.5 Å². The molecule has 0 spiro atoms. The highest BCUT2D eigenvalue weighted by atomic mass is 16.5. The summed E-state index contributed by atoms with van der Waals surface area (Å²) in [6, 6.07) is 13.8. The van der Waals surface area contributed by atoms with Crippen molar-refractivity contribution < 1.29 is 14.4 Å². The van der Waals surface area contributed by atoms with Crippen LogP contribution in [0.1, 0.15) is 41.1 Å². The minimum Gasteiger partial charge on any atom is -0.451 e. The number of furan rings is 1. The molecular formula is C21H24N2O3. The number of benzene rings is 1. The minimum atomic E-state index is -0.635. The molecule has 5 heteroatoms. The summed E-state index contributed by atoms with van der Waals surface area (Å²) in [6.45, 7) is 1.84. The Morgan fingerprint density at radius 2 is 1.92 bits per heavy atom. The molecule has 1 amide bonds. The van der Waals surface area contributed by atoms with Crippen molar-refractivity contribution in [2.75, 3.05) is 13.1 Å². The van der Waals surface area contributed by atoms with Crippen LogP contribution < -0.4 is 10.8 Å². The highest BCUT2D eigenvalue weighted by Crippen LogP contribution is 2.27. The molecule has 0 saturated heterocycles. The van der Waals surface area contributed by atoms with Crippen LogP contribution in [0.15, 0.2) is 64.6 Å². The van der Waals surface area contributed by atoms with Gasteiger partial charge in [-0.25, -0.2) is 5.48 Å². The third-order valence-corrected chi connectivity index (χ3v) is 4.50. The Labute approximate surface area is 153 Å². The van der Waals surface area contributed by atoms with Crippen molar-refractivity contribution in [3.63, 3.8) is 0 Å². The summed E-state index contributed by atoms with van der Waals surface area (Å²) in [5.74, 6) is 0.155. The van der Waals surface area contributed by atoms with Crippen LogP contribution in [-0.2, 0) is 6.42 Å². The lowest BCUT2D eigenvalue weighted by atomic mass is 10.1. The summed E-state index contributed by atoms with van der Waals surface area (Å²) in [7, 11) is 0. The number of carbonyl (C=O) groups is 1. The fraction of sp³-hybridized carbons (Fsp3) is 0.286. The molecule has 1 aliphatic rings. The van der Waals surface area contributed by atoms with E-state index in [-0.39, 0.29) is 5.76 Å². The lowest BCUT2D eigenvalue weighted by Crippen LogP contribution is -2.20. The van der Waals surface area contributed by atoms with Gasteiger partial charge in [0.25, 0.3) is 0 Å². The van der Waals surface area contributed by atoms with E-state index >= 15 is 0 Å². The maximum Gasteiger partial charge on any atom is 0.310 e. The van der Waals surface area contributed by atoms with Crippen LogP contribution in [0.4, 0.5) is 0 Å². The largest absolute Gasteiger partial charge is 0.451 e. The molecular weight excluding hydrogens is 328 g/mol. The zero-order chi connectivity index (χ0) is 18.2. The zero-order valence-electron chi connectivity index (χ0n) is 14.7. The summed E-state index contributed by atoms with van der Waals surface area (Å²) in [4.78, 5) is 11.4. The van der Waals surface area contributed by atoms with E-state index in [0.717, 1.165) is 44.3 Å². The third kappa shape index (κ3) is 4.94. The van der Waals surface area contributed by atoms with Gasteiger partial charge in [0.2, 0.25) is 0 Å². The minimum absolute atomic E-state index is 0.111. The maximum atomic E-state index is 11.4. The molecule has 0 bridgehead atoms. The van der Waals surface area contributed by atoms with Gasteiger partial charge in [-0.1, -0.05) is 48.1 Å². The Bertz CT molecular complexity index is 791. The maximum absolute atomic E-state index is 11.4. The van der Waals surface area contributed by atoms with Gasteiger partial charge in [0, 0.05) is 6.54 Å². The Balaban J connectivity index is 1.53. The van der Waals surface area contributed by atoms with E-state index in [9.17, 15) is 4.79 Å². The van der Waals surface area contributed by atoms with Gasteiger partial charge in [-0.2, -0.15) is 0 Å². The van der Waals surface area contributed by atoms with Gasteiger partial charge in [-0.3, -0.25) is 10.0 Å². The average molecular weight is 352 g/mol. The van der Waals surface area contributed by atoms with Crippen molar-refractivity contribution >= 4 is 11.5 Å². The molecule has 1 heterocycles. The number of hydrogen-bond donors (Lipinski definition) is 3. The summed E-state index contributed by atoms with van der Waals surface area (Å²) in [6.07, 6.45) is 8.23. The number of hydrogen-bond acceptors (Lipinski definition) is 4. The van der Waals surface area contributed by atoms with E-state index in [1.54, 1.807) is 17.6 Å². The molecule has 0 saturated carbocycles. The molecule has 0 unspecified atom stereocenters. The molecule has 0 fully saturated rings. The first-order valence-electron chi connectivity index (χ1n) is 8.94. The van der Waals surface area contributed by atoms with Gasteiger partial charge in [0.15, 0.2) is 5.76 Å². The molecule has 1 aliphatic carbocycles. The van der Waals surface area contributed by atoms with Crippen LogP contribution >= 0.6 is 0 Å². The summed E-state index contributed by atoms with van der Waals surface area (Å²) in [5, 5.41) is 12.2. The van der Waals surface area contributed by atoms with E-state index in [1.807, 2.05) is 6.07 Å². The molecule has 1 aromatic carbocycles. The lowest BCUT2D eigenvalue weighted by molar-refractivity contribution is 0.0675. The van der Waals surface area contributed by atoms with Crippen LogP contribution in [0.25, 0.3) is 5.57 Å². The summed E-state index contributed by atoms with van der Waals surface area (Å²) in [5.41, 5.74) is 5.37. The van der Waals surface area contributed by atoms with Crippen molar-refractivity contribution in [2.24, 2.45) is 0 Å².